The number of carbonyl (C=O) groups is 2. The minimum atomic E-state index is -0.854. The zero-order valence-electron chi connectivity index (χ0n) is 17.7. The molecule has 0 aromatic carbocycles. The summed E-state index contributed by atoms with van der Waals surface area (Å²) in [5.41, 5.74) is -0.251. The minimum absolute atomic E-state index is 0.155. The van der Waals surface area contributed by atoms with Crippen LogP contribution < -0.4 is 5.32 Å². The molecule has 0 radical (unpaired) electrons. The number of aliphatic hydroxyl groups is 1. The van der Waals surface area contributed by atoms with Crippen molar-refractivity contribution in [2.75, 3.05) is 31.7 Å². The van der Waals surface area contributed by atoms with Crippen molar-refractivity contribution in [1.29, 1.82) is 0 Å². The monoisotopic (exact) mass is 424 g/mol. The van der Waals surface area contributed by atoms with E-state index in [0.29, 0.717) is 50.9 Å². The maximum Gasteiger partial charge on any atom is 0.255 e. The maximum atomic E-state index is 12.8. The van der Waals surface area contributed by atoms with E-state index in [1.807, 2.05) is 25.0 Å². The molecule has 3 heterocycles. The van der Waals surface area contributed by atoms with E-state index in [4.69, 9.17) is 4.74 Å². The second-order valence-electron chi connectivity index (χ2n) is 8.33. The second-order valence-corrected chi connectivity index (χ2v) is 9.31. The van der Waals surface area contributed by atoms with Crippen LogP contribution >= 0.6 is 11.8 Å². The van der Waals surface area contributed by atoms with Crippen LogP contribution in [0.2, 0.25) is 0 Å². The van der Waals surface area contributed by atoms with Crippen LogP contribution in [0, 0.1) is 6.92 Å². The fourth-order valence-corrected chi connectivity index (χ4v) is 4.72. The van der Waals surface area contributed by atoms with E-state index in [1.165, 1.54) is 0 Å². The van der Waals surface area contributed by atoms with Gasteiger partial charge in [0, 0.05) is 44.6 Å². The SMILES string of the molecule is CSCCC(=O)N1CCC2(CC1)OCC[C@@](C)(NC(=O)c1cnn(C)c1C)[C@@H]2O. The summed E-state index contributed by atoms with van der Waals surface area (Å²) in [4.78, 5) is 27.0. The van der Waals surface area contributed by atoms with Gasteiger partial charge in [0.15, 0.2) is 0 Å². The van der Waals surface area contributed by atoms with E-state index in [2.05, 4.69) is 10.4 Å². The summed E-state index contributed by atoms with van der Waals surface area (Å²) in [6, 6.07) is 0. The van der Waals surface area contributed by atoms with Crippen LogP contribution in [-0.4, -0.2) is 80.6 Å². The third-order valence-electron chi connectivity index (χ3n) is 6.47. The Balaban J connectivity index is 1.68. The summed E-state index contributed by atoms with van der Waals surface area (Å²) in [6.07, 6.45) is 4.88. The Hall–Kier alpha value is -1.58. The standard InChI is InChI=1S/C20H32N4O4S/c1-14-15(13-21-23(14)3)17(26)22-19(2)8-11-28-20(18(19)27)6-9-24(10-7-20)16(25)5-12-29-4/h13,18,27H,5-12H2,1-4H3,(H,22,26)/t18-,19+/m0/s1. The number of amides is 2. The minimum Gasteiger partial charge on any atom is -0.388 e. The van der Waals surface area contributed by atoms with Crippen LogP contribution in [0.15, 0.2) is 6.20 Å². The first-order chi connectivity index (χ1) is 13.7. The molecular weight excluding hydrogens is 392 g/mol. The molecule has 2 N–H and O–H groups in total. The van der Waals surface area contributed by atoms with Gasteiger partial charge in [-0.05, 0) is 39.4 Å². The maximum absolute atomic E-state index is 12.8. The molecule has 2 aliphatic rings. The van der Waals surface area contributed by atoms with Gasteiger partial charge in [-0.3, -0.25) is 14.3 Å². The van der Waals surface area contributed by atoms with Gasteiger partial charge in [-0.2, -0.15) is 16.9 Å². The van der Waals surface area contributed by atoms with Gasteiger partial charge >= 0.3 is 0 Å². The number of ether oxygens (including phenoxy) is 1. The molecule has 2 saturated heterocycles. The molecule has 1 aromatic heterocycles. The predicted octanol–water partition coefficient (Wildman–Crippen LogP) is 1.11. The topological polar surface area (TPSA) is 96.7 Å². The molecule has 2 aliphatic heterocycles. The Morgan fingerprint density at radius 2 is 2.07 bits per heavy atom. The highest BCUT2D eigenvalue weighted by molar-refractivity contribution is 7.98. The molecule has 8 nitrogen and oxygen atoms in total. The molecule has 0 bridgehead atoms. The van der Waals surface area contributed by atoms with Crippen molar-refractivity contribution in [3.8, 4) is 0 Å². The van der Waals surface area contributed by atoms with Gasteiger partial charge < -0.3 is 20.1 Å². The Bertz CT molecular complexity index is 760. The van der Waals surface area contributed by atoms with Crippen molar-refractivity contribution in [2.45, 2.75) is 56.8 Å². The lowest BCUT2D eigenvalue weighted by molar-refractivity contribution is -0.205. The zero-order chi connectivity index (χ0) is 21.2. The highest BCUT2D eigenvalue weighted by Gasteiger charge is 2.54. The number of aliphatic hydroxyl groups excluding tert-OH is 1. The van der Waals surface area contributed by atoms with Crippen molar-refractivity contribution >= 4 is 23.6 Å². The Morgan fingerprint density at radius 1 is 1.38 bits per heavy atom. The first-order valence-corrected chi connectivity index (χ1v) is 11.5. The van der Waals surface area contributed by atoms with Crippen molar-refractivity contribution in [1.82, 2.24) is 20.0 Å². The van der Waals surface area contributed by atoms with E-state index in [1.54, 1.807) is 29.7 Å². The van der Waals surface area contributed by atoms with Crippen molar-refractivity contribution in [3.05, 3.63) is 17.5 Å². The number of piperidine rings is 1. The highest BCUT2D eigenvalue weighted by Crippen LogP contribution is 2.40. The molecule has 9 heteroatoms. The Morgan fingerprint density at radius 3 is 2.66 bits per heavy atom. The average molecular weight is 425 g/mol. The lowest BCUT2D eigenvalue weighted by Crippen LogP contribution is -2.69. The van der Waals surface area contributed by atoms with E-state index >= 15 is 0 Å². The smallest absolute Gasteiger partial charge is 0.255 e. The molecule has 2 atom stereocenters. The van der Waals surface area contributed by atoms with Crippen molar-refractivity contribution in [2.24, 2.45) is 7.05 Å². The summed E-state index contributed by atoms with van der Waals surface area (Å²) < 4.78 is 7.73. The third-order valence-corrected chi connectivity index (χ3v) is 7.09. The molecule has 0 saturated carbocycles. The largest absolute Gasteiger partial charge is 0.388 e. The second kappa shape index (κ2) is 8.65. The lowest BCUT2D eigenvalue weighted by atomic mass is 9.73. The molecule has 3 rings (SSSR count). The normalized spacial score (nSPS) is 26.5. The molecule has 2 fully saturated rings. The third kappa shape index (κ3) is 4.32. The van der Waals surface area contributed by atoms with Gasteiger partial charge in [-0.25, -0.2) is 0 Å². The predicted molar refractivity (Wildman–Crippen MR) is 112 cm³/mol. The van der Waals surface area contributed by atoms with Crippen LogP contribution in [0.1, 0.15) is 48.7 Å². The molecule has 0 unspecified atom stereocenters. The Labute approximate surface area is 176 Å². The van der Waals surface area contributed by atoms with Gasteiger partial charge in [0.05, 0.1) is 22.9 Å². The first-order valence-electron chi connectivity index (χ1n) is 10.1. The summed E-state index contributed by atoms with van der Waals surface area (Å²) in [5, 5.41) is 18.4. The molecule has 2 amide bonds. The van der Waals surface area contributed by atoms with Gasteiger partial charge in [0.1, 0.15) is 6.10 Å². The lowest BCUT2D eigenvalue weighted by Gasteiger charge is -2.53. The van der Waals surface area contributed by atoms with Crippen LogP contribution in [0.5, 0.6) is 0 Å². The van der Waals surface area contributed by atoms with Crippen LogP contribution in [0.3, 0.4) is 0 Å². The number of likely N-dealkylation sites (tertiary alicyclic amines) is 1. The van der Waals surface area contributed by atoms with E-state index in [0.717, 1.165) is 11.4 Å². The molecular formula is C20H32N4O4S. The molecule has 1 aromatic rings. The fraction of sp³-hybridized carbons (Fsp3) is 0.750. The van der Waals surface area contributed by atoms with Crippen LogP contribution in [0.25, 0.3) is 0 Å². The summed E-state index contributed by atoms with van der Waals surface area (Å²) in [5.74, 6) is 0.735. The number of nitrogens with one attached hydrogen (secondary N) is 1. The quantitative estimate of drug-likeness (QED) is 0.735. The van der Waals surface area contributed by atoms with Crippen LogP contribution in [-0.2, 0) is 16.6 Å². The van der Waals surface area contributed by atoms with Gasteiger partial charge in [-0.15, -0.1) is 0 Å². The molecule has 29 heavy (non-hydrogen) atoms. The van der Waals surface area contributed by atoms with Crippen molar-refractivity contribution < 1.29 is 19.4 Å². The summed E-state index contributed by atoms with van der Waals surface area (Å²) in [7, 11) is 1.79. The van der Waals surface area contributed by atoms with E-state index < -0.39 is 17.2 Å². The number of thioether (sulfide) groups is 1. The number of hydrogen-bond acceptors (Lipinski definition) is 6. The van der Waals surface area contributed by atoms with Gasteiger partial charge in [0.25, 0.3) is 5.91 Å². The number of hydrogen-bond donors (Lipinski definition) is 2. The number of carbonyl (C=O) groups excluding carboxylic acids is 2. The summed E-state index contributed by atoms with van der Waals surface area (Å²) >= 11 is 1.66. The molecule has 162 valence electrons. The number of aryl methyl sites for hydroxylation is 1. The summed E-state index contributed by atoms with van der Waals surface area (Å²) in [6.45, 7) is 5.31. The van der Waals surface area contributed by atoms with Gasteiger partial charge in [-0.1, -0.05) is 0 Å². The van der Waals surface area contributed by atoms with Crippen LogP contribution in [0.4, 0.5) is 0 Å². The van der Waals surface area contributed by atoms with Crippen molar-refractivity contribution in [3.63, 3.8) is 0 Å². The van der Waals surface area contributed by atoms with Gasteiger partial charge in [0.2, 0.25) is 5.91 Å². The number of nitrogens with zero attached hydrogens (tertiary/aromatic N) is 3. The Kier molecular flexibility index (Phi) is 6.60. The van der Waals surface area contributed by atoms with E-state index in [-0.39, 0.29) is 11.8 Å². The number of aromatic nitrogens is 2. The first kappa shape index (κ1) is 22.1. The van der Waals surface area contributed by atoms with E-state index in [9.17, 15) is 14.7 Å². The fourth-order valence-electron chi connectivity index (χ4n) is 4.34. The average Bonchev–Trinajstić information content (AvgIpc) is 3.03. The molecule has 1 spiro atoms. The highest BCUT2D eigenvalue weighted by atomic mass is 32.2. The molecule has 0 aliphatic carbocycles. The zero-order valence-corrected chi connectivity index (χ0v) is 18.5. The number of rotatable bonds is 5.